The van der Waals surface area contributed by atoms with E-state index in [-0.39, 0.29) is 97.8 Å². The molecule has 2 saturated heterocycles. The number of likely N-dealkylation sites (tertiary alicyclic amines) is 2. The lowest BCUT2D eigenvalue weighted by Gasteiger charge is -2.35. The maximum absolute atomic E-state index is 14.8. The van der Waals surface area contributed by atoms with E-state index in [9.17, 15) is 72.0 Å². The molecule has 1 aromatic carbocycles. The summed E-state index contributed by atoms with van der Waals surface area (Å²) < 4.78 is 35.2. The van der Waals surface area contributed by atoms with Gasteiger partial charge in [0.2, 0.25) is 35.3 Å². The number of alkyl halides is 1. The van der Waals surface area contributed by atoms with Gasteiger partial charge in [-0.3, -0.25) is 43.3 Å². The van der Waals surface area contributed by atoms with Gasteiger partial charge in [-0.1, -0.05) is 6.07 Å². The molecule has 24 nitrogen and oxygen atoms in total. The van der Waals surface area contributed by atoms with Crippen molar-refractivity contribution in [1.82, 2.24) is 31.1 Å². The SMILES string of the molecule is CC(O)[C@H](NC(=O)CNC(=O)c1ccc(C2=C3C=C(F)C(=O)C=C3OC3CC(=O)C(F)C=C23)c(C(=O)O)c1)C(=O)N[C@@H](CCCCN)C(=O)N1CCC[C@H]1C(=O)N1CCC[C@H]1C(=O)N[C@@H](CCCN=C(N)N)C(=O)O. The quantitative estimate of drug-likeness (QED) is 0.0375. The Morgan fingerprint density at radius 2 is 1.60 bits per heavy atom. The van der Waals surface area contributed by atoms with Crippen molar-refractivity contribution in [3.63, 3.8) is 0 Å². The summed E-state index contributed by atoms with van der Waals surface area (Å²) in [5.74, 6) is -11.2. The third-order valence-electron chi connectivity index (χ3n) is 13.3. The Morgan fingerprint density at radius 3 is 2.27 bits per heavy atom. The number of benzene rings is 1. The van der Waals surface area contributed by atoms with Crippen LogP contribution in [0, 0.1) is 0 Å². The van der Waals surface area contributed by atoms with Gasteiger partial charge in [-0.05, 0) is 101 Å². The first-order chi connectivity index (χ1) is 35.6. The monoisotopic (exact) mass is 1050 g/mol. The van der Waals surface area contributed by atoms with Crippen molar-refractivity contribution in [2.75, 3.05) is 32.7 Å². The summed E-state index contributed by atoms with van der Waals surface area (Å²) in [6.07, 6.45) is -0.411. The smallest absolute Gasteiger partial charge is 0.336 e. The van der Waals surface area contributed by atoms with Gasteiger partial charge in [0.25, 0.3) is 5.91 Å². The topological polar surface area (TPSA) is 386 Å². The zero-order chi connectivity index (χ0) is 54.8. The Labute approximate surface area is 427 Å². The highest BCUT2D eigenvalue weighted by atomic mass is 19.1. The number of guanidine groups is 1. The number of fused-ring (bicyclic) bond motifs is 2. The number of hydrogen-bond acceptors (Lipinski definition) is 14. The van der Waals surface area contributed by atoms with Crippen LogP contribution in [-0.2, 0) is 43.1 Å². The van der Waals surface area contributed by atoms with Gasteiger partial charge in [-0.15, -0.1) is 0 Å². The van der Waals surface area contributed by atoms with Crippen LogP contribution in [0.1, 0.15) is 97.4 Å². The number of nitrogens with zero attached hydrogens (tertiary/aromatic N) is 3. The van der Waals surface area contributed by atoms with Crippen LogP contribution in [0.2, 0.25) is 0 Å². The van der Waals surface area contributed by atoms with E-state index in [0.29, 0.717) is 25.7 Å². The maximum atomic E-state index is 14.8. The molecule has 3 unspecified atom stereocenters. The highest BCUT2D eigenvalue weighted by molar-refractivity contribution is 6.09. The summed E-state index contributed by atoms with van der Waals surface area (Å²) in [5.41, 5.74) is 15.3. The third kappa shape index (κ3) is 13.5. The van der Waals surface area contributed by atoms with E-state index in [4.69, 9.17) is 21.9 Å². The molecule has 6 amide bonds. The number of aliphatic hydroxyl groups is 1. The number of rotatable bonds is 22. The number of nitrogens with two attached hydrogens (primary N) is 3. The number of carbonyl (C=O) groups is 10. The number of amides is 6. The Hall–Kier alpha value is -7.87. The number of aliphatic imine (C=N–C) groups is 1. The van der Waals surface area contributed by atoms with Crippen molar-refractivity contribution >= 4 is 70.5 Å². The number of unbranched alkanes of at least 4 members (excludes halogenated alkanes) is 1. The molecule has 2 fully saturated rings. The summed E-state index contributed by atoms with van der Waals surface area (Å²) in [6, 6.07) is -3.05. The molecule has 0 radical (unpaired) electrons. The van der Waals surface area contributed by atoms with Crippen LogP contribution in [0.3, 0.4) is 0 Å². The minimum absolute atomic E-state index is 0.00845. The van der Waals surface area contributed by atoms with E-state index >= 15 is 0 Å². The zero-order valence-electron chi connectivity index (χ0n) is 40.9. The number of halogens is 2. The summed E-state index contributed by atoms with van der Waals surface area (Å²) in [5, 5.41) is 40.5. The largest absolute Gasteiger partial charge is 0.484 e. The lowest BCUT2D eigenvalue weighted by atomic mass is 9.78. The lowest BCUT2D eigenvalue weighted by Crippen LogP contribution is -2.60. The number of aromatic carboxylic acids is 1. The summed E-state index contributed by atoms with van der Waals surface area (Å²) in [4.78, 5) is 138. The molecule has 8 atom stereocenters. The van der Waals surface area contributed by atoms with Gasteiger partial charge in [0.15, 0.2) is 23.7 Å². The molecule has 3 aliphatic heterocycles. The molecule has 1 aromatic rings. The van der Waals surface area contributed by atoms with Crippen molar-refractivity contribution in [3.05, 3.63) is 75.8 Å². The van der Waals surface area contributed by atoms with Gasteiger partial charge < -0.3 is 68.3 Å². The fraction of sp³-hybridized carbons (Fsp3) is 0.490. The zero-order valence-corrected chi connectivity index (χ0v) is 40.9. The minimum Gasteiger partial charge on any atom is -0.484 e. The maximum Gasteiger partial charge on any atom is 0.336 e. The number of carbonyl (C=O) groups excluding carboxylic acids is 8. The molecule has 6 rings (SSSR count). The second kappa shape index (κ2) is 24.9. The molecule has 13 N–H and O–H groups in total. The van der Waals surface area contributed by atoms with Crippen molar-refractivity contribution < 1.29 is 76.8 Å². The third-order valence-corrected chi connectivity index (χ3v) is 13.3. The standard InChI is InChI=1S/C49H60F2N10O14/c1-23(62)41(59-39(65)22-56-42(66)24-11-12-25(26(17-24)47(71)72)40-27-18-29(50)35(63)20-37(27)75-38-21-36(64)30(51)19-28(38)40)44(68)57-31(7-2-3-13-52)45(69)61-16-6-10-34(61)46(70)60-15-5-9-33(60)43(67)58-32(48(73)74)8-4-14-55-49(53)54/h11-12,17-20,23,30-34,38,41,62H,2-10,13-16,21-22,52H2,1H3,(H,56,66)(H,57,68)(H,58,67)(H,59,65)(H,71,72)(H,73,74)(H4,53,54,55)/t23?,30?,31-,32-,33-,34-,38?,41-/m0/s1. The van der Waals surface area contributed by atoms with Crippen molar-refractivity contribution in [2.45, 2.75) is 120 Å². The fourth-order valence-corrected chi connectivity index (χ4v) is 9.54. The highest BCUT2D eigenvalue weighted by Gasteiger charge is 2.45. The van der Waals surface area contributed by atoms with E-state index < -0.39 is 132 Å². The van der Waals surface area contributed by atoms with Crippen LogP contribution in [-0.4, -0.2) is 171 Å². The van der Waals surface area contributed by atoms with Gasteiger partial charge in [-0.25, -0.2) is 18.4 Å². The van der Waals surface area contributed by atoms with Gasteiger partial charge in [0, 0.05) is 48.0 Å². The molecule has 26 heteroatoms. The van der Waals surface area contributed by atoms with Gasteiger partial charge in [-0.2, -0.15) is 0 Å². The number of carboxylic acids is 2. The van der Waals surface area contributed by atoms with Gasteiger partial charge in [0.1, 0.15) is 42.1 Å². The molecule has 0 saturated carbocycles. The first-order valence-electron chi connectivity index (χ1n) is 24.4. The molecule has 3 heterocycles. The van der Waals surface area contributed by atoms with Crippen LogP contribution >= 0.6 is 0 Å². The van der Waals surface area contributed by atoms with E-state index in [1.54, 1.807) is 0 Å². The van der Waals surface area contributed by atoms with Crippen molar-refractivity contribution in [3.8, 4) is 0 Å². The van der Waals surface area contributed by atoms with Crippen LogP contribution in [0.15, 0.2) is 64.2 Å². The molecular formula is C49H60F2N10O14. The van der Waals surface area contributed by atoms with Crippen LogP contribution in [0.4, 0.5) is 8.78 Å². The lowest BCUT2D eigenvalue weighted by molar-refractivity contribution is -0.149. The predicted octanol–water partition coefficient (Wildman–Crippen LogP) is -1.09. The summed E-state index contributed by atoms with van der Waals surface area (Å²) in [7, 11) is 0. The Bertz CT molecular complexity index is 2660. The number of ketones is 2. The van der Waals surface area contributed by atoms with Gasteiger partial charge >= 0.3 is 11.9 Å². The number of ether oxygens (including phenoxy) is 1. The number of hydrogen-bond donors (Lipinski definition) is 10. The molecule has 5 aliphatic rings. The molecule has 0 spiro atoms. The van der Waals surface area contributed by atoms with E-state index in [1.165, 1.54) is 22.8 Å². The number of aliphatic hydroxyl groups excluding tert-OH is 1. The first kappa shape index (κ1) is 56.4. The van der Waals surface area contributed by atoms with Crippen LogP contribution < -0.4 is 38.5 Å². The first-order valence-corrected chi connectivity index (χ1v) is 24.4. The molecule has 0 aromatic heterocycles. The Kier molecular flexibility index (Phi) is 18.7. The number of carboxylic acid groups (broad SMARTS) is 2. The average Bonchev–Trinajstić information content (AvgIpc) is 4.07. The van der Waals surface area contributed by atoms with E-state index in [2.05, 4.69) is 26.3 Å². The van der Waals surface area contributed by atoms with E-state index in [0.717, 1.165) is 30.4 Å². The number of allylic oxidation sites excluding steroid dienone is 4. The van der Waals surface area contributed by atoms with E-state index in [1.807, 2.05) is 0 Å². The minimum atomic E-state index is -2.10. The Balaban J connectivity index is 1.12. The van der Waals surface area contributed by atoms with Crippen molar-refractivity contribution in [1.29, 1.82) is 0 Å². The molecule has 2 aliphatic carbocycles. The van der Waals surface area contributed by atoms with Gasteiger partial charge in [0.05, 0.1) is 24.6 Å². The molecular weight excluding hydrogens is 991 g/mol. The fourth-order valence-electron chi connectivity index (χ4n) is 9.54. The number of nitrogens with one attached hydrogen (secondary N) is 4. The normalized spacial score (nSPS) is 21.6. The second-order valence-electron chi connectivity index (χ2n) is 18.6. The van der Waals surface area contributed by atoms with Crippen molar-refractivity contribution in [2.24, 2.45) is 22.2 Å². The highest BCUT2D eigenvalue weighted by Crippen LogP contribution is 2.45. The number of aliphatic carboxylic acids is 1. The van der Waals surface area contributed by atoms with Crippen LogP contribution in [0.5, 0.6) is 0 Å². The molecule has 0 bridgehead atoms. The summed E-state index contributed by atoms with van der Waals surface area (Å²) >= 11 is 0. The second-order valence-corrected chi connectivity index (χ2v) is 18.6. The average molecular weight is 1050 g/mol. The number of Topliss-reactive ketones (excluding diaryl/α,β-unsaturated/α-hetero) is 1. The molecule has 404 valence electrons. The van der Waals surface area contributed by atoms with Crippen LogP contribution in [0.25, 0.3) is 5.57 Å². The molecule has 75 heavy (non-hydrogen) atoms. The predicted molar refractivity (Wildman–Crippen MR) is 260 cm³/mol. The summed E-state index contributed by atoms with van der Waals surface area (Å²) in [6.45, 7) is 1.02. The Morgan fingerprint density at radius 1 is 0.907 bits per heavy atom.